The zero-order valence-corrected chi connectivity index (χ0v) is 13.8. The zero-order valence-electron chi connectivity index (χ0n) is 12.2. The highest BCUT2D eigenvalue weighted by atomic mass is 35.5. The summed E-state index contributed by atoms with van der Waals surface area (Å²) in [6.07, 6.45) is 1.60. The van der Waals surface area contributed by atoms with Crippen molar-refractivity contribution in [1.82, 2.24) is 10.2 Å². The maximum absolute atomic E-state index is 12.6. The van der Waals surface area contributed by atoms with Crippen LogP contribution in [-0.2, 0) is 10.0 Å². The Morgan fingerprint density at radius 3 is 2.48 bits per heavy atom. The number of benzene rings is 2. The lowest BCUT2D eigenvalue weighted by molar-refractivity contribution is 0.601. The number of hydrogen-bond acceptors (Lipinski definition) is 3. The first-order valence-electron chi connectivity index (χ1n) is 6.84. The summed E-state index contributed by atoms with van der Waals surface area (Å²) < 4.78 is 27.7. The van der Waals surface area contributed by atoms with Crippen molar-refractivity contribution in [2.24, 2.45) is 0 Å². The molecule has 3 aromatic rings. The van der Waals surface area contributed by atoms with Gasteiger partial charge in [-0.3, -0.25) is 9.82 Å². The van der Waals surface area contributed by atoms with Gasteiger partial charge in [0.15, 0.2) is 0 Å². The van der Waals surface area contributed by atoms with Gasteiger partial charge >= 0.3 is 0 Å². The summed E-state index contributed by atoms with van der Waals surface area (Å²) in [5, 5.41) is 7.15. The number of nitrogens with zero attached hydrogens (tertiary/aromatic N) is 1. The molecule has 0 spiro atoms. The van der Waals surface area contributed by atoms with Gasteiger partial charge in [0, 0.05) is 16.8 Å². The van der Waals surface area contributed by atoms with Crippen molar-refractivity contribution in [2.45, 2.75) is 11.8 Å². The van der Waals surface area contributed by atoms with Crippen LogP contribution in [0.3, 0.4) is 0 Å². The maximum Gasteiger partial charge on any atom is 0.261 e. The Bertz CT molecular complexity index is 920. The molecule has 23 heavy (non-hydrogen) atoms. The molecular weight excluding hydrogens is 334 g/mol. The van der Waals surface area contributed by atoms with Crippen LogP contribution in [0.25, 0.3) is 11.3 Å². The number of aromatic amines is 1. The molecule has 0 saturated heterocycles. The molecule has 0 atom stereocenters. The highest BCUT2D eigenvalue weighted by Crippen LogP contribution is 2.31. The van der Waals surface area contributed by atoms with E-state index < -0.39 is 10.0 Å². The summed E-state index contributed by atoms with van der Waals surface area (Å²) >= 11 is 6.01. The number of hydrogen-bond donors (Lipinski definition) is 2. The van der Waals surface area contributed by atoms with Gasteiger partial charge < -0.3 is 0 Å². The monoisotopic (exact) mass is 347 g/mol. The molecule has 0 aliphatic rings. The lowest BCUT2D eigenvalue weighted by Crippen LogP contribution is -2.13. The molecule has 118 valence electrons. The number of anilines is 1. The largest absolute Gasteiger partial charge is 0.279 e. The van der Waals surface area contributed by atoms with Gasteiger partial charge in [-0.2, -0.15) is 5.10 Å². The number of nitrogens with one attached hydrogen (secondary N) is 2. The summed E-state index contributed by atoms with van der Waals surface area (Å²) in [7, 11) is -3.70. The normalized spacial score (nSPS) is 11.4. The highest BCUT2D eigenvalue weighted by Gasteiger charge is 2.17. The Hall–Kier alpha value is -2.31. The SMILES string of the molecule is Cc1ccc(S(=O)(=O)Nc2cc(Cl)ccc2-c2ccn[nH]2)cc1. The van der Waals surface area contributed by atoms with Crippen LogP contribution in [0.4, 0.5) is 5.69 Å². The van der Waals surface area contributed by atoms with E-state index in [9.17, 15) is 8.42 Å². The number of halogens is 1. The fraction of sp³-hybridized carbons (Fsp3) is 0.0625. The van der Waals surface area contributed by atoms with Gasteiger partial charge in [0.05, 0.1) is 16.3 Å². The lowest BCUT2D eigenvalue weighted by Gasteiger charge is -2.12. The Labute approximate surface area is 139 Å². The highest BCUT2D eigenvalue weighted by molar-refractivity contribution is 7.92. The molecule has 0 saturated carbocycles. The summed E-state index contributed by atoms with van der Waals surface area (Å²) in [6, 6.07) is 13.4. The van der Waals surface area contributed by atoms with Crippen LogP contribution in [0, 0.1) is 6.92 Å². The molecule has 0 radical (unpaired) electrons. The maximum atomic E-state index is 12.6. The standard InChI is InChI=1S/C16H14ClN3O2S/c1-11-2-5-13(6-3-11)23(21,22)20-16-10-12(17)4-7-14(16)15-8-9-18-19-15/h2-10,20H,1H3,(H,18,19). The van der Waals surface area contributed by atoms with Crippen molar-refractivity contribution < 1.29 is 8.42 Å². The molecule has 0 bridgehead atoms. The molecule has 0 fully saturated rings. The van der Waals surface area contributed by atoms with Crippen molar-refractivity contribution in [2.75, 3.05) is 4.72 Å². The van der Waals surface area contributed by atoms with E-state index in [4.69, 9.17) is 11.6 Å². The topological polar surface area (TPSA) is 74.8 Å². The summed E-state index contributed by atoms with van der Waals surface area (Å²) in [5.41, 5.74) is 2.75. The fourth-order valence-electron chi connectivity index (χ4n) is 2.16. The smallest absolute Gasteiger partial charge is 0.261 e. The third-order valence-electron chi connectivity index (χ3n) is 3.35. The first kappa shape index (κ1) is 15.6. The second-order valence-electron chi connectivity index (χ2n) is 5.08. The van der Waals surface area contributed by atoms with Gasteiger partial charge in [0.25, 0.3) is 10.0 Å². The number of H-pyrrole nitrogens is 1. The summed E-state index contributed by atoms with van der Waals surface area (Å²) in [5.74, 6) is 0. The number of sulfonamides is 1. The molecule has 2 aromatic carbocycles. The van der Waals surface area contributed by atoms with E-state index in [1.807, 2.05) is 6.92 Å². The van der Waals surface area contributed by atoms with Crippen LogP contribution >= 0.6 is 11.6 Å². The average Bonchev–Trinajstić information content (AvgIpc) is 3.01. The second-order valence-corrected chi connectivity index (χ2v) is 7.20. The van der Waals surface area contributed by atoms with Gasteiger partial charge in [-0.25, -0.2) is 8.42 Å². The summed E-state index contributed by atoms with van der Waals surface area (Å²) in [6.45, 7) is 1.90. The molecule has 2 N–H and O–H groups in total. The number of aromatic nitrogens is 2. The van der Waals surface area contributed by atoms with E-state index in [2.05, 4.69) is 14.9 Å². The predicted octanol–water partition coefficient (Wildman–Crippen LogP) is 3.84. The minimum atomic E-state index is -3.70. The Morgan fingerprint density at radius 2 is 1.83 bits per heavy atom. The summed E-state index contributed by atoms with van der Waals surface area (Å²) in [4.78, 5) is 0.193. The van der Waals surface area contributed by atoms with Gasteiger partial charge in [-0.1, -0.05) is 29.3 Å². The van der Waals surface area contributed by atoms with Crippen molar-refractivity contribution in [3.63, 3.8) is 0 Å². The van der Waals surface area contributed by atoms with Crippen LogP contribution in [0.1, 0.15) is 5.56 Å². The lowest BCUT2D eigenvalue weighted by atomic mass is 10.1. The molecule has 3 rings (SSSR count). The number of rotatable bonds is 4. The molecular formula is C16H14ClN3O2S. The van der Waals surface area contributed by atoms with Crippen molar-refractivity contribution >= 4 is 27.3 Å². The second kappa shape index (κ2) is 6.06. The van der Waals surface area contributed by atoms with E-state index in [0.717, 1.165) is 5.56 Å². The van der Waals surface area contributed by atoms with Crippen molar-refractivity contribution in [3.8, 4) is 11.3 Å². The van der Waals surface area contributed by atoms with Crippen LogP contribution < -0.4 is 4.72 Å². The van der Waals surface area contributed by atoms with E-state index in [1.165, 1.54) is 0 Å². The molecule has 0 aliphatic carbocycles. The van der Waals surface area contributed by atoms with E-state index >= 15 is 0 Å². The van der Waals surface area contributed by atoms with Crippen LogP contribution in [-0.4, -0.2) is 18.6 Å². The third kappa shape index (κ3) is 3.38. The third-order valence-corrected chi connectivity index (χ3v) is 4.96. The minimum absolute atomic E-state index is 0.193. The van der Waals surface area contributed by atoms with Gasteiger partial charge in [-0.15, -0.1) is 0 Å². The zero-order chi connectivity index (χ0) is 16.4. The van der Waals surface area contributed by atoms with Gasteiger partial charge in [0.1, 0.15) is 0 Å². The predicted molar refractivity (Wildman–Crippen MR) is 91.0 cm³/mol. The molecule has 7 heteroatoms. The fourth-order valence-corrected chi connectivity index (χ4v) is 3.41. The molecule has 5 nitrogen and oxygen atoms in total. The molecule has 0 aliphatic heterocycles. The molecule has 0 unspecified atom stereocenters. The van der Waals surface area contributed by atoms with Crippen LogP contribution in [0.15, 0.2) is 59.6 Å². The first-order chi connectivity index (χ1) is 11.0. The molecule has 0 amide bonds. The Kier molecular flexibility index (Phi) is 4.11. The Balaban J connectivity index is 2.02. The number of aryl methyl sites for hydroxylation is 1. The van der Waals surface area contributed by atoms with Crippen LogP contribution in [0.2, 0.25) is 5.02 Å². The van der Waals surface area contributed by atoms with E-state index in [-0.39, 0.29) is 4.90 Å². The van der Waals surface area contributed by atoms with Crippen molar-refractivity contribution in [3.05, 3.63) is 65.3 Å². The van der Waals surface area contributed by atoms with Crippen LogP contribution in [0.5, 0.6) is 0 Å². The molecule has 1 heterocycles. The van der Waals surface area contributed by atoms with Crippen molar-refractivity contribution in [1.29, 1.82) is 0 Å². The van der Waals surface area contributed by atoms with E-state index in [1.54, 1.807) is 54.7 Å². The van der Waals surface area contributed by atoms with Gasteiger partial charge in [0.2, 0.25) is 0 Å². The quantitative estimate of drug-likeness (QED) is 0.753. The Morgan fingerprint density at radius 1 is 1.09 bits per heavy atom. The average molecular weight is 348 g/mol. The molecule has 1 aromatic heterocycles. The van der Waals surface area contributed by atoms with Gasteiger partial charge in [-0.05, 0) is 43.3 Å². The first-order valence-corrected chi connectivity index (χ1v) is 8.70. The minimum Gasteiger partial charge on any atom is -0.279 e. The van der Waals surface area contributed by atoms with E-state index in [0.29, 0.717) is 22.0 Å².